The molecule has 0 radical (unpaired) electrons. The number of para-hydroxylation sites is 2. The first-order valence-corrected chi connectivity index (χ1v) is 8.07. The summed E-state index contributed by atoms with van der Waals surface area (Å²) < 4.78 is 5.49. The largest absolute Gasteiger partial charge is 0.493 e. The molecule has 0 bridgehead atoms. The number of amides is 2. The maximum Gasteiger partial charge on any atom is 0.231 e. The lowest BCUT2D eigenvalue weighted by Crippen LogP contribution is -2.37. The Morgan fingerprint density at radius 3 is 2.67 bits per heavy atom. The SMILES string of the molecule is O=C(CCOc1ccccc1)NCCN1C(=O)Cc2ccccc21. The molecule has 0 saturated heterocycles. The van der Waals surface area contributed by atoms with Gasteiger partial charge in [0.2, 0.25) is 11.8 Å². The summed E-state index contributed by atoms with van der Waals surface area (Å²) in [6.45, 7) is 1.26. The molecule has 2 amide bonds. The Morgan fingerprint density at radius 1 is 1.08 bits per heavy atom. The quantitative estimate of drug-likeness (QED) is 0.849. The summed E-state index contributed by atoms with van der Waals surface area (Å²) in [5, 5.41) is 2.83. The van der Waals surface area contributed by atoms with Crippen LogP contribution in [-0.2, 0) is 16.0 Å². The zero-order chi connectivity index (χ0) is 16.8. The maximum atomic E-state index is 12.0. The first kappa shape index (κ1) is 16.1. The Kier molecular flexibility index (Phi) is 5.11. The lowest BCUT2D eigenvalue weighted by Gasteiger charge is -2.17. The van der Waals surface area contributed by atoms with Gasteiger partial charge < -0.3 is 15.0 Å². The van der Waals surface area contributed by atoms with Crippen LogP contribution in [0.1, 0.15) is 12.0 Å². The molecule has 1 aliphatic rings. The van der Waals surface area contributed by atoms with Crippen molar-refractivity contribution < 1.29 is 14.3 Å². The van der Waals surface area contributed by atoms with Crippen LogP contribution in [0.3, 0.4) is 0 Å². The molecule has 0 fully saturated rings. The molecule has 0 spiro atoms. The van der Waals surface area contributed by atoms with E-state index in [1.165, 1.54) is 0 Å². The summed E-state index contributed by atoms with van der Waals surface area (Å²) >= 11 is 0. The maximum absolute atomic E-state index is 12.0. The molecule has 24 heavy (non-hydrogen) atoms. The van der Waals surface area contributed by atoms with Gasteiger partial charge in [0.1, 0.15) is 5.75 Å². The number of fused-ring (bicyclic) bond motifs is 1. The second-order valence-corrected chi connectivity index (χ2v) is 5.61. The number of nitrogens with zero attached hydrogens (tertiary/aromatic N) is 1. The molecule has 0 aliphatic carbocycles. The van der Waals surface area contributed by atoms with Gasteiger partial charge in [0.05, 0.1) is 19.4 Å². The summed E-state index contributed by atoms with van der Waals surface area (Å²) in [5.74, 6) is 0.758. The third kappa shape index (κ3) is 3.93. The van der Waals surface area contributed by atoms with Gasteiger partial charge in [0, 0.05) is 18.8 Å². The fourth-order valence-electron chi connectivity index (χ4n) is 2.74. The number of ether oxygens (including phenoxy) is 1. The third-order valence-corrected chi connectivity index (χ3v) is 3.92. The average Bonchev–Trinajstić information content (AvgIpc) is 2.92. The number of hydrogen-bond donors (Lipinski definition) is 1. The normalized spacial score (nSPS) is 12.8. The van der Waals surface area contributed by atoms with Crippen LogP contribution >= 0.6 is 0 Å². The summed E-state index contributed by atoms with van der Waals surface area (Å²) in [6, 6.07) is 17.2. The van der Waals surface area contributed by atoms with E-state index >= 15 is 0 Å². The highest BCUT2D eigenvalue weighted by Crippen LogP contribution is 2.27. The molecule has 3 rings (SSSR count). The van der Waals surface area contributed by atoms with Gasteiger partial charge in [0.25, 0.3) is 0 Å². The minimum absolute atomic E-state index is 0.0779. The molecule has 2 aromatic carbocycles. The molecule has 5 nitrogen and oxygen atoms in total. The number of nitrogens with one attached hydrogen (secondary N) is 1. The van der Waals surface area contributed by atoms with Gasteiger partial charge in [0.15, 0.2) is 0 Å². The number of carbonyl (C=O) groups excluding carboxylic acids is 2. The van der Waals surface area contributed by atoms with Crippen LogP contribution in [-0.4, -0.2) is 31.5 Å². The highest BCUT2D eigenvalue weighted by Gasteiger charge is 2.26. The molecular weight excluding hydrogens is 304 g/mol. The van der Waals surface area contributed by atoms with Crippen molar-refractivity contribution in [3.8, 4) is 5.75 Å². The zero-order valence-corrected chi connectivity index (χ0v) is 13.4. The topological polar surface area (TPSA) is 58.6 Å². The van der Waals surface area contributed by atoms with Crippen LogP contribution < -0.4 is 15.0 Å². The molecule has 0 saturated carbocycles. The molecule has 1 aliphatic heterocycles. The van der Waals surface area contributed by atoms with Crippen LogP contribution in [0.2, 0.25) is 0 Å². The van der Waals surface area contributed by atoms with E-state index in [1.807, 2.05) is 54.6 Å². The Morgan fingerprint density at radius 2 is 1.83 bits per heavy atom. The average molecular weight is 324 g/mol. The predicted octanol–water partition coefficient (Wildman–Crippen LogP) is 2.16. The van der Waals surface area contributed by atoms with Crippen molar-refractivity contribution in [3.05, 3.63) is 60.2 Å². The highest BCUT2D eigenvalue weighted by atomic mass is 16.5. The number of anilines is 1. The summed E-state index contributed by atoms with van der Waals surface area (Å²) in [7, 11) is 0. The molecule has 1 N–H and O–H groups in total. The summed E-state index contributed by atoms with van der Waals surface area (Å²) in [5.41, 5.74) is 1.99. The van der Waals surface area contributed by atoms with E-state index in [9.17, 15) is 9.59 Å². The minimum atomic E-state index is -0.0779. The minimum Gasteiger partial charge on any atom is -0.493 e. The predicted molar refractivity (Wildman–Crippen MR) is 92.1 cm³/mol. The lowest BCUT2D eigenvalue weighted by molar-refractivity contribution is -0.122. The molecule has 0 atom stereocenters. The number of hydrogen-bond acceptors (Lipinski definition) is 3. The monoisotopic (exact) mass is 324 g/mol. The van der Waals surface area contributed by atoms with Gasteiger partial charge in [-0.1, -0.05) is 36.4 Å². The van der Waals surface area contributed by atoms with Crippen LogP contribution in [0.15, 0.2) is 54.6 Å². The van der Waals surface area contributed by atoms with Crippen molar-refractivity contribution >= 4 is 17.5 Å². The first-order valence-electron chi connectivity index (χ1n) is 8.07. The van der Waals surface area contributed by atoms with E-state index in [0.717, 1.165) is 17.0 Å². The molecule has 0 aromatic heterocycles. The van der Waals surface area contributed by atoms with Crippen molar-refractivity contribution in [1.82, 2.24) is 5.32 Å². The van der Waals surface area contributed by atoms with E-state index in [-0.39, 0.29) is 11.8 Å². The fraction of sp³-hybridized carbons (Fsp3) is 0.263. The third-order valence-electron chi connectivity index (χ3n) is 3.92. The van der Waals surface area contributed by atoms with E-state index < -0.39 is 0 Å². The molecule has 0 unspecified atom stereocenters. The molecule has 124 valence electrons. The van der Waals surface area contributed by atoms with Crippen molar-refractivity contribution in [2.45, 2.75) is 12.8 Å². The molecule has 2 aromatic rings. The summed E-state index contributed by atoms with van der Waals surface area (Å²) in [4.78, 5) is 25.6. The molecular formula is C19H20N2O3. The van der Waals surface area contributed by atoms with Crippen molar-refractivity contribution in [2.75, 3.05) is 24.6 Å². The standard InChI is InChI=1S/C19H20N2O3/c22-18(10-13-24-16-7-2-1-3-8-16)20-11-12-21-17-9-5-4-6-15(17)14-19(21)23/h1-9H,10-14H2,(H,20,22). The Labute approximate surface area is 141 Å². The second kappa shape index (κ2) is 7.64. The fourth-order valence-corrected chi connectivity index (χ4v) is 2.74. The van der Waals surface area contributed by atoms with Crippen molar-refractivity contribution in [2.24, 2.45) is 0 Å². The van der Waals surface area contributed by atoms with Crippen LogP contribution in [0, 0.1) is 0 Å². The molecule has 5 heteroatoms. The number of carbonyl (C=O) groups is 2. The second-order valence-electron chi connectivity index (χ2n) is 5.61. The Hall–Kier alpha value is -2.82. The van der Waals surface area contributed by atoms with Crippen molar-refractivity contribution in [3.63, 3.8) is 0 Å². The lowest BCUT2D eigenvalue weighted by atomic mass is 10.2. The van der Waals surface area contributed by atoms with E-state index in [0.29, 0.717) is 32.5 Å². The van der Waals surface area contributed by atoms with Gasteiger partial charge in [-0.15, -0.1) is 0 Å². The Bertz CT molecular complexity index is 716. The van der Waals surface area contributed by atoms with Gasteiger partial charge in [-0.3, -0.25) is 9.59 Å². The molecule has 1 heterocycles. The Balaban J connectivity index is 1.39. The van der Waals surface area contributed by atoms with Crippen LogP contribution in [0.4, 0.5) is 5.69 Å². The highest BCUT2D eigenvalue weighted by molar-refractivity contribution is 6.01. The smallest absolute Gasteiger partial charge is 0.231 e. The first-order chi connectivity index (χ1) is 11.7. The van der Waals surface area contributed by atoms with Crippen LogP contribution in [0.25, 0.3) is 0 Å². The van der Waals surface area contributed by atoms with Gasteiger partial charge in [-0.05, 0) is 23.8 Å². The number of rotatable bonds is 7. The van der Waals surface area contributed by atoms with Gasteiger partial charge >= 0.3 is 0 Å². The van der Waals surface area contributed by atoms with E-state index in [1.54, 1.807) is 4.90 Å². The van der Waals surface area contributed by atoms with Gasteiger partial charge in [-0.2, -0.15) is 0 Å². The van der Waals surface area contributed by atoms with Crippen molar-refractivity contribution in [1.29, 1.82) is 0 Å². The van der Waals surface area contributed by atoms with E-state index in [4.69, 9.17) is 4.74 Å². The zero-order valence-electron chi connectivity index (χ0n) is 13.4. The summed E-state index contributed by atoms with van der Waals surface area (Å²) in [6.07, 6.45) is 0.731. The van der Waals surface area contributed by atoms with E-state index in [2.05, 4.69) is 5.32 Å². The van der Waals surface area contributed by atoms with Gasteiger partial charge in [-0.25, -0.2) is 0 Å². The number of benzene rings is 2. The van der Waals surface area contributed by atoms with Crippen LogP contribution in [0.5, 0.6) is 5.75 Å².